The van der Waals surface area contributed by atoms with Crippen molar-refractivity contribution in [1.29, 1.82) is 5.26 Å². The number of ether oxygens (including phenoxy) is 1. The van der Waals surface area contributed by atoms with Crippen LogP contribution in [0.25, 0.3) is 6.08 Å². The molecule has 23 heavy (non-hydrogen) atoms. The number of halogens is 1. The maximum Gasteiger partial charge on any atom is 0.259 e. The van der Waals surface area contributed by atoms with Crippen molar-refractivity contribution in [3.63, 3.8) is 0 Å². The standard InChI is InChI=1S/C18H15ClN2O2/c1-23-17-9-12(8-15(11-20)18(21)22)6-7-14(17)10-13-4-2-3-5-16(13)19/h2-9H,10H2,1H3,(H2,21,22)/b15-8+. The Morgan fingerprint density at radius 1 is 1.30 bits per heavy atom. The molecule has 0 spiro atoms. The average Bonchev–Trinajstić information content (AvgIpc) is 2.55. The van der Waals surface area contributed by atoms with Gasteiger partial charge in [0, 0.05) is 11.4 Å². The second kappa shape index (κ2) is 7.48. The van der Waals surface area contributed by atoms with Gasteiger partial charge in [-0.25, -0.2) is 0 Å². The Morgan fingerprint density at radius 2 is 2.04 bits per heavy atom. The molecule has 2 rings (SSSR count). The molecule has 0 unspecified atom stereocenters. The molecule has 0 fully saturated rings. The summed E-state index contributed by atoms with van der Waals surface area (Å²) in [6, 6.07) is 14.8. The largest absolute Gasteiger partial charge is 0.496 e. The topological polar surface area (TPSA) is 76.1 Å². The van der Waals surface area contributed by atoms with Gasteiger partial charge in [-0.2, -0.15) is 5.26 Å². The Hall–Kier alpha value is -2.77. The highest BCUT2D eigenvalue weighted by Gasteiger charge is 2.09. The van der Waals surface area contributed by atoms with Gasteiger partial charge in [0.2, 0.25) is 0 Å². The van der Waals surface area contributed by atoms with Crippen LogP contribution in [-0.4, -0.2) is 13.0 Å². The Bertz CT molecular complexity index is 807. The Kier molecular flexibility index (Phi) is 5.40. The van der Waals surface area contributed by atoms with E-state index in [0.717, 1.165) is 11.1 Å². The first-order chi connectivity index (χ1) is 11.0. The average molecular weight is 327 g/mol. The third kappa shape index (κ3) is 4.12. The SMILES string of the molecule is COc1cc(/C=C(\C#N)C(N)=O)ccc1Cc1ccccc1Cl. The summed E-state index contributed by atoms with van der Waals surface area (Å²) >= 11 is 6.19. The minimum atomic E-state index is -0.758. The zero-order valence-corrected chi connectivity index (χ0v) is 13.3. The molecule has 0 saturated heterocycles. The van der Waals surface area contributed by atoms with Crippen LogP contribution in [0.4, 0.5) is 0 Å². The lowest BCUT2D eigenvalue weighted by Crippen LogP contribution is -2.12. The Labute approximate surface area is 139 Å². The van der Waals surface area contributed by atoms with E-state index in [1.165, 1.54) is 6.08 Å². The van der Waals surface area contributed by atoms with Crippen LogP contribution in [0.5, 0.6) is 5.75 Å². The monoisotopic (exact) mass is 326 g/mol. The molecule has 4 nitrogen and oxygen atoms in total. The van der Waals surface area contributed by atoms with Crippen molar-refractivity contribution >= 4 is 23.6 Å². The summed E-state index contributed by atoms with van der Waals surface area (Å²) < 4.78 is 5.40. The summed E-state index contributed by atoms with van der Waals surface area (Å²) in [6.07, 6.45) is 2.05. The number of amides is 1. The minimum absolute atomic E-state index is 0.106. The lowest BCUT2D eigenvalue weighted by Gasteiger charge is -2.11. The molecule has 0 bridgehead atoms. The van der Waals surface area contributed by atoms with Gasteiger partial charge in [0.15, 0.2) is 0 Å². The highest BCUT2D eigenvalue weighted by molar-refractivity contribution is 6.31. The van der Waals surface area contributed by atoms with E-state index in [0.29, 0.717) is 22.8 Å². The van der Waals surface area contributed by atoms with Gasteiger partial charge < -0.3 is 10.5 Å². The van der Waals surface area contributed by atoms with Gasteiger partial charge in [-0.3, -0.25) is 4.79 Å². The number of carbonyl (C=O) groups excluding carboxylic acids is 1. The number of nitrogens with two attached hydrogens (primary N) is 1. The fourth-order valence-electron chi connectivity index (χ4n) is 2.17. The molecule has 1 amide bonds. The summed E-state index contributed by atoms with van der Waals surface area (Å²) in [7, 11) is 1.57. The van der Waals surface area contributed by atoms with Gasteiger partial charge in [-0.1, -0.05) is 41.9 Å². The van der Waals surface area contributed by atoms with E-state index in [4.69, 9.17) is 27.3 Å². The predicted molar refractivity (Wildman–Crippen MR) is 90.0 cm³/mol. The Balaban J connectivity index is 2.36. The first kappa shape index (κ1) is 16.6. The van der Waals surface area contributed by atoms with Crippen LogP contribution < -0.4 is 10.5 Å². The van der Waals surface area contributed by atoms with Crippen molar-refractivity contribution in [2.75, 3.05) is 7.11 Å². The minimum Gasteiger partial charge on any atom is -0.496 e. The van der Waals surface area contributed by atoms with Crippen molar-refractivity contribution in [2.45, 2.75) is 6.42 Å². The number of hydrogen-bond acceptors (Lipinski definition) is 3. The van der Waals surface area contributed by atoms with Crippen LogP contribution in [0.3, 0.4) is 0 Å². The van der Waals surface area contributed by atoms with E-state index >= 15 is 0 Å². The van der Waals surface area contributed by atoms with Gasteiger partial charge in [-0.15, -0.1) is 0 Å². The number of primary amides is 1. The van der Waals surface area contributed by atoms with Gasteiger partial charge in [0.1, 0.15) is 17.4 Å². The molecule has 0 aliphatic heterocycles. The maximum atomic E-state index is 11.1. The van der Waals surface area contributed by atoms with Crippen molar-refractivity contribution in [2.24, 2.45) is 5.73 Å². The smallest absolute Gasteiger partial charge is 0.259 e. The summed E-state index contributed by atoms with van der Waals surface area (Å²) in [4.78, 5) is 11.1. The second-order valence-electron chi connectivity index (χ2n) is 4.87. The van der Waals surface area contributed by atoms with Gasteiger partial charge in [0.25, 0.3) is 5.91 Å². The van der Waals surface area contributed by atoms with Crippen molar-refractivity contribution < 1.29 is 9.53 Å². The van der Waals surface area contributed by atoms with Crippen LogP contribution in [0, 0.1) is 11.3 Å². The number of methoxy groups -OCH3 is 1. The van der Waals surface area contributed by atoms with Gasteiger partial charge in [0.05, 0.1) is 7.11 Å². The molecule has 0 aliphatic rings. The van der Waals surface area contributed by atoms with Crippen molar-refractivity contribution in [3.05, 3.63) is 69.8 Å². The number of rotatable bonds is 5. The second-order valence-corrected chi connectivity index (χ2v) is 5.28. The number of benzene rings is 2. The van der Waals surface area contributed by atoms with Crippen LogP contribution in [-0.2, 0) is 11.2 Å². The first-order valence-electron chi connectivity index (χ1n) is 6.87. The lowest BCUT2D eigenvalue weighted by molar-refractivity contribution is -0.114. The number of hydrogen-bond donors (Lipinski definition) is 1. The molecule has 0 saturated carbocycles. The predicted octanol–water partition coefficient (Wildman–Crippen LogP) is 3.33. The number of carbonyl (C=O) groups is 1. The molecule has 2 aromatic rings. The van der Waals surface area contributed by atoms with Crippen molar-refractivity contribution in [1.82, 2.24) is 0 Å². The third-order valence-electron chi connectivity index (χ3n) is 3.35. The summed E-state index contributed by atoms with van der Waals surface area (Å²) in [5, 5.41) is 9.59. The first-order valence-corrected chi connectivity index (χ1v) is 7.25. The molecule has 0 aromatic heterocycles. The highest BCUT2D eigenvalue weighted by Crippen LogP contribution is 2.27. The van der Waals surface area contributed by atoms with E-state index < -0.39 is 5.91 Å². The number of nitrogens with zero attached hydrogens (tertiary/aromatic N) is 1. The molecule has 0 aliphatic carbocycles. The Morgan fingerprint density at radius 3 is 2.65 bits per heavy atom. The lowest BCUT2D eigenvalue weighted by atomic mass is 10.0. The van der Waals surface area contributed by atoms with Crippen LogP contribution in [0.2, 0.25) is 5.02 Å². The fraction of sp³-hybridized carbons (Fsp3) is 0.111. The van der Waals surface area contributed by atoms with E-state index in [1.807, 2.05) is 30.3 Å². The maximum absolute atomic E-state index is 11.1. The summed E-state index contributed by atoms with van der Waals surface area (Å²) in [5.74, 6) is -0.105. The molecule has 0 radical (unpaired) electrons. The summed E-state index contributed by atoms with van der Waals surface area (Å²) in [5.41, 5.74) is 7.65. The van der Waals surface area contributed by atoms with E-state index in [1.54, 1.807) is 25.3 Å². The van der Waals surface area contributed by atoms with Crippen LogP contribution in [0.15, 0.2) is 48.0 Å². The van der Waals surface area contributed by atoms with E-state index in [9.17, 15) is 4.79 Å². The highest BCUT2D eigenvalue weighted by atomic mass is 35.5. The van der Waals surface area contributed by atoms with Gasteiger partial charge >= 0.3 is 0 Å². The molecule has 116 valence electrons. The molecular formula is C18H15ClN2O2. The quantitative estimate of drug-likeness (QED) is 0.676. The fourth-order valence-corrected chi connectivity index (χ4v) is 2.37. The molecule has 2 N–H and O–H groups in total. The molecule has 0 heterocycles. The van der Waals surface area contributed by atoms with E-state index in [2.05, 4.69) is 0 Å². The van der Waals surface area contributed by atoms with E-state index in [-0.39, 0.29) is 5.57 Å². The molecule has 5 heteroatoms. The molecule has 2 aromatic carbocycles. The normalized spacial score (nSPS) is 10.9. The van der Waals surface area contributed by atoms with Crippen molar-refractivity contribution in [3.8, 4) is 11.8 Å². The van der Waals surface area contributed by atoms with Gasteiger partial charge in [-0.05, 0) is 34.9 Å². The third-order valence-corrected chi connectivity index (χ3v) is 3.72. The van der Waals surface area contributed by atoms with Crippen LogP contribution >= 0.6 is 11.6 Å². The zero-order chi connectivity index (χ0) is 16.8. The molecule has 0 atom stereocenters. The number of nitriles is 1. The molecular weight excluding hydrogens is 312 g/mol. The van der Waals surface area contributed by atoms with Crippen LogP contribution in [0.1, 0.15) is 16.7 Å². The zero-order valence-electron chi connectivity index (χ0n) is 12.5. The summed E-state index contributed by atoms with van der Waals surface area (Å²) in [6.45, 7) is 0.